The van der Waals surface area contributed by atoms with E-state index in [-0.39, 0.29) is 24.2 Å². The van der Waals surface area contributed by atoms with Gasteiger partial charge in [0.2, 0.25) is 0 Å². The first-order valence-corrected chi connectivity index (χ1v) is 7.22. The minimum atomic E-state index is -1.23. The van der Waals surface area contributed by atoms with Crippen LogP contribution >= 0.6 is 0 Å². The Morgan fingerprint density at radius 2 is 1.74 bits per heavy atom. The first kappa shape index (κ1) is 18.6. The molecule has 0 saturated heterocycles. The van der Waals surface area contributed by atoms with Crippen LogP contribution in [0.2, 0.25) is 0 Å². The maximum Gasteiger partial charge on any atom is 0.339 e. The molecule has 2 unspecified atom stereocenters. The fourth-order valence-corrected chi connectivity index (χ4v) is 2.09. The number of hydrogen-bond donors (Lipinski definition) is 3. The zero-order chi connectivity index (χ0) is 17.4. The molecule has 0 radical (unpaired) electrons. The van der Waals surface area contributed by atoms with Crippen LogP contribution in [-0.2, 0) is 9.53 Å². The topological polar surface area (TPSA) is 121 Å². The summed E-state index contributed by atoms with van der Waals surface area (Å²) in [6.45, 7) is 1.43. The average Bonchev–Trinajstić information content (AvgIpc) is 2.49. The van der Waals surface area contributed by atoms with Crippen LogP contribution < -0.4 is 0 Å². The second kappa shape index (κ2) is 8.89. The smallest absolute Gasteiger partial charge is 0.339 e. The van der Waals surface area contributed by atoms with Crippen LogP contribution in [0.3, 0.4) is 0 Å². The first-order chi connectivity index (χ1) is 10.8. The van der Waals surface area contributed by atoms with E-state index in [9.17, 15) is 19.5 Å². The van der Waals surface area contributed by atoms with E-state index in [1.165, 1.54) is 31.2 Å². The van der Waals surface area contributed by atoms with Crippen molar-refractivity contribution in [3.8, 4) is 0 Å². The molecule has 0 aromatic heterocycles. The molecular weight excluding hydrogens is 304 g/mol. The Bertz CT molecular complexity index is 565. The van der Waals surface area contributed by atoms with Gasteiger partial charge in [0, 0.05) is 12.3 Å². The highest BCUT2D eigenvalue weighted by molar-refractivity contribution is 6.02. The summed E-state index contributed by atoms with van der Waals surface area (Å²) in [6, 6.07) is 5.69. The van der Waals surface area contributed by atoms with E-state index in [0.29, 0.717) is 12.8 Å². The van der Waals surface area contributed by atoms with Gasteiger partial charge in [0.05, 0.1) is 23.8 Å². The van der Waals surface area contributed by atoms with Crippen molar-refractivity contribution in [1.82, 2.24) is 0 Å². The molecular formula is C16H20O7. The molecule has 0 aliphatic carbocycles. The number of carboxylic acid groups (broad SMARTS) is 2. The summed E-state index contributed by atoms with van der Waals surface area (Å²) < 4.78 is 5.09. The number of benzene rings is 1. The third-order valence-electron chi connectivity index (χ3n) is 3.45. The van der Waals surface area contributed by atoms with Crippen LogP contribution in [0.5, 0.6) is 0 Å². The minimum absolute atomic E-state index is 0.0288. The number of carbonyl (C=O) groups excluding carboxylic acids is 1. The van der Waals surface area contributed by atoms with E-state index in [1.807, 2.05) is 0 Å². The Hall–Kier alpha value is -2.41. The van der Waals surface area contributed by atoms with Crippen molar-refractivity contribution >= 4 is 17.9 Å². The summed E-state index contributed by atoms with van der Waals surface area (Å²) in [5.41, 5.74) is -0.216. The summed E-state index contributed by atoms with van der Waals surface area (Å²) >= 11 is 0. The zero-order valence-electron chi connectivity index (χ0n) is 12.8. The molecule has 2 atom stereocenters. The van der Waals surface area contributed by atoms with Crippen molar-refractivity contribution in [2.45, 2.75) is 32.3 Å². The third-order valence-corrected chi connectivity index (χ3v) is 3.45. The van der Waals surface area contributed by atoms with E-state index in [2.05, 4.69) is 0 Å². The number of carboxylic acids is 2. The van der Waals surface area contributed by atoms with Gasteiger partial charge in [-0.25, -0.2) is 9.59 Å². The lowest BCUT2D eigenvalue weighted by molar-refractivity contribution is -0.137. The molecule has 0 amide bonds. The number of aromatic carboxylic acids is 1. The lowest BCUT2D eigenvalue weighted by atomic mass is 9.97. The number of ether oxygens (including phenoxy) is 1. The predicted octanol–water partition coefficient (Wildman–Crippen LogP) is 1.79. The van der Waals surface area contributed by atoms with Gasteiger partial charge in [-0.2, -0.15) is 0 Å². The summed E-state index contributed by atoms with van der Waals surface area (Å²) in [5, 5.41) is 27.3. The highest BCUT2D eigenvalue weighted by Crippen LogP contribution is 2.16. The molecule has 1 rings (SSSR count). The highest BCUT2D eigenvalue weighted by atomic mass is 16.5. The maximum atomic E-state index is 12.0. The lowest BCUT2D eigenvalue weighted by Crippen LogP contribution is -2.25. The van der Waals surface area contributed by atoms with Gasteiger partial charge in [0.15, 0.2) is 0 Å². The van der Waals surface area contributed by atoms with Crippen molar-refractivity contribution < 1.29 is 34.4 Å². The molecule has 0 spiro atoms. The average molecular weight is 324 g/mol. The number of aliphatic hydroxyl groups is 1. The van der Waals surface area contributed by atoms with Gasteiger partial charge in [-0.1, -0.05) is 12.1 Å². The standard InChI is InChI=1S/C16H20O7/c1-10(17)11(5-4-8-14(18)19)9-23-16(22)13-7-3-2-6-12(13)15(20)21/h2-3,6-7,10-11,17H,4-5,8-9H2,1H3,(H,18,19)(H,20,21). The Morgan fingerprint density at radius 1 is 1.13 bits per heavy atom. The van der Waals surface area contributed by atoms with Crippen molar-refractivity contribution in [3.63, 3.8) is 0 Å². The molecule has 23 heavy (non-hydrogen) atoms. The van der Waals surface area contributed by atoms with Crippen LogP contribution in [-0.4, -0.2) is 45.9 Å². The van der Waals surface area contributed by atoms with Crippen molar-refractivity contribution in [3.05, 3.63) is 35.4 Å². The van der Waals surface area contributed by atoms with Gasteiger partial charge in [0.1, 0.15) is 0 Å². The largest absolute Gasteiger partial charge is 0.481 e. The second-order valence-corrected chi connectivity index (χ2v) is 5.24. The normalized spacial score (nSPS) is 13.1. The Labute approximate surface area is 133 Å². The number of rotatable bonds is 9. The summed E-state index contributed by atoms with van der Waals surface area (Å²) in [5.74, 6) is -3.35. The number of hydrogen-bond acceptors (Lipinski definition) is 5. The molecule has 3 N–H and O–H groups in total. The molecule has 0 bridgehead atoms. The quantitative estimate of drug-likeness (QED) is 0.592. The van der Waals surface area contributed by atoms with E-state index >= 15 is 0 Å². The van der Waals surface area contributed by atoms with Crippen LogP contribution in [0.1, 0.15) is 46.9 Å². The number of carbonyl (C=O) groups is 3. The lowest BCUT2D eigenvalue weighted by Gasteiger charge is -2.19. The van der Waals surface area contributed by atoms with Gasteiger partial charge in [0.25, 0.3) is 0 Å². The van der Waals surface area contributed by atoms with Gasteiger partial charge >= 0.3 is 17.9 Å². The molecule has 0 aliphatic heterocycles. The molecule has 0 heterocycles. The first-order valence-electron chi connectivity index (χ1n) is 7.22. The minimum Gasteiger partial charge on any atom is -0.481 e. The van der Waals surface area contributed by atoms with Crippen LogP contribution in [0.15, 0.2) is 24.3 Å². The molecule has 7 nitrogen and oxygen atoms in total. The number of aliphatic carboxylic acids is 1. The predicted molar refractivity (Wildman–Crippen MR) is 80.3 cm³/mol. The van der Waals surface area contributed by atoms with Crippen LogP contribution in [0.4, 0.5) is 0 Å². The van der Waals surface area contributed by atoms with Crippen LogP contribution in [0.25, 0.3) is 0 Å². The molecule has 7 heteroatoms. The molecule has 0 fully saturated rings. The SMILES string of the molecule is CC(O)C(CCCC(=O)O)COC(=O)c1ccccc1C(=O)O. The van der Waals surface area contributed by atoms with Crippen molar-refractivity contribution in [2.24, 2.45) is 5.92 Å². The molecule has 1 aromatic carbocycles. The van der Waals surface area contributed by atoms with E-state index in [1.54, 1.807) is 0 Å². The molecule has 0 aliphatic rings. The van der Waals surface area contributed by atoms with Gasteiger partial charge < -0.3 is 20.1 Å². The Balaban J connectivity index is 2.65. The molecule has 0 saturated carbocycles. The fraction of sp³-hybridized carbons (Fsp3) is 0.438. The Kier molecular flexibility index (Phi) is 7.21. The third kappa shape index (κ3) is 6.07. The second-order valence-electron chi connectivity index (χ2n) is 5.24. The van der Waals surface area contributed by atoms with E-state index in [4.69, 9.17) is 14.9 Å². The number of esters is 1. The monoisotopic (exact) mass is 324 g/mol. The number of aliphatic hydroxyl groups excluding tert-OH is 1. The van der Waals surface area contributed by atoms with E-state index in [0.717, 1.165) is 0 Å². The molecule has 1 aromatic rings. The summed E-state index contributed by atoms with van der Waals surface area (Å²) in [6.07, 6.45) is -0.0586. The van der Waals surface area contributed by atoms with Gasteiger partial charge in [-0.3, -0.25) is 4.79 Å². The van der Waals surface area contributed by atoms with E-state index < -0.39 is 29.9 Å². The summed E-state index contributed by atoms with van der Waals surface area (Å²) in [7, 11) is 0. The van der Waals surface area contributed by atoms with Crippen LogP contribution in [0, 0.1) is 5.92 Å². The molecule has 126 valence electrons. The highest BCUT2D eigenvalue weighted by Gasteiger charge is 2.21. The zero-order valence-corrected chi connectivity index (χ0v) is 12.8. The maximum absolute atomic E-state index is 12.0. The summed E-state index contributed by atoms with van der Waals surface area (Å²) in [4.78, 5) is 33.6. The van der Waals surface area contributed by atoms with Gasteiger partial charge in [-0.05, 0) is 31.9 Å². The van der Waals surface area contributed by atoms with Gasteiger partial charge in [-0.15, -0.1) is 0 Å². The Morgan fingerprint density at radius 3 is 2.26 bits per heavy atom. The fourth-order valence-electron chi connectivity index (χ4n) is 2.09. The van der Waals surface area contributed by atoms with Crippen molar-refractivity contribution in [2.75, 3.05) is 6.61 Å². The van der Waals surface area contributed by atoms with Crippen molar-refractivity contribution in [1.29, 1.82) is 0 Å².